The van der Waals surface area contributed by atoms with Gasteiger partial charge in [0.15, 0.2) is 12.6 Å². The molecule has 2 aliphatic rings. The van der Waals surface area contributed by atoms with E-state index in [1.165, 1.54) is 21.0 Å². The Morgan fingerprint density at radius 3 is 2.07 bits per heavy atom. The van der Waals surface area contributed by atoms with Gasteiger partial charge in [0.05, 0.1) is 6.61 Å². The minimum atomic E-state index is -1.71. The van der Waals surface area contributed by atoms with E-state index < -0.39 is 73.9 Å². The molecule has 13 heteroatoms. The van der Waals surface area contributed by atoms with Crippen LogP contribution in [-0.4, -0.2) is 119 Å². The van der Waals surface area contributed by atoms with E-state index in [1.54, 1.807) is 0 Å². The van der Waals surface area contributed by atoms with Gasteiger partial charge in [0.2, 0.25) is 11.8 Å². The van der Waals surface area contributed by atoms with Crippen LogP contribution >= 0.6 is 0 Å². The number of methoxy groups -OCH3 is 1. The SMILES string of the molecule is CO[C@@H]1O[C@@H](CNC(C)=O)[C@@H](O[C@@H]2O[C@@H](CO)[C@H](O)[C@H](O)[C@@H]2O)[C@H](O)[C@@H]1NC(C)=O. The van der Waals surface area contributed by atoms with Crippen molar-refractivity contribution in [2.75, 3.05) is 20.3 Å². The molecule has 0 spiro atoms. The maximum Gasteiger partial charge on any atom is 0.217 e. The molecular formula is C17H30N2O11. The Morgan fingerprint density at radius 2 is 1.53 bits per heavy atom. The van der Waals surface area contributed by atoms with Crippen molar-refractivity contribution in [2.24, 2.45) is 0 Å². The standard InChI is InChI=1S/C17H30N2O11/c1-6(21)18-4-8-15(12(24)10(19-7(2)22)16(27-3)28-8)30-17-14(26)13(25)11(23)9(5-20)29-17/h8-17,20,23-26H,4-5H2,1-3H3,(H,18,21)(H,19,22)/t8-,9-,10-,11-,12+,13-,14-,15+,16+,17-/m0/s1. The summed E-state index contributed by atoms with van der Waals surface area (Å²) in [6, 6.07) is -1.06. The summed E-state index contributed by atoms with van der Waals surface area (Å²) in [6.07, 6.45) is -12.5. The highest BCUT2D eigenvalue weighted by molar-refractivity contribution is 5.73. The number of carbonyl (C=O) groups excluding carboxylic acids is 2. The number of hydrogen-bond acceptors (Lipinski definition) is 11. The fraction of sp³-hybridized carbons (Fsp3) is 0.882. The van der Waals surface area contributed by atoms with Crippen LogP contribution in [0.1, 0.15) is 13.8 Å². The van der Waals surface area contributed by atoms with Crippen molar-refractivity contribution in [2.45, 2.75) is 75.2 Å². The maximum absolute atomic E-state index is 11.5. The smallest absolute Gasteiger partial charge is 0.217 e. The summed E-state index contributed by atoms with van der Waals surface area (Å²) in [7, 11) is 1.31. The Kier molecular flexibility index (Phi) is 8.90. The van der Waals surface area contributed by atoms with Crippen LogP contribution in [0.25, 0.3) is 0 Å². The number of rotatable bonds is 7. The molecule has 174 valence electrons. The number of aliphatic hydroxyl groups is 5. The minimum Gasteiger partial charge on any atom is -0.394 e. The molecule has 2 saturated heterocycles. The second-order valence-electron chi connectivity index (χ2n) is 7.23. The number of amides is 2. The topological polar surface area (TPSA) is 196 Å². The van der Waals surface area contributed by atoms with Crippen LogP contribution in [0.15, 0.2) is 0 Å². The van der Waals surface area contributed by atoms with Crippen LogP contribution in [-0.2, 0) is 28.5 Å². The molecule has 0 unspecified atom stereocenters. The van der Waals surface area contributed by atoms with Gasteiger partial charge in [-0.1, -0.05) is 0 Å². The van der Waals surface area contributed by atoms with E-state index in [0.29, 0.717) is 0 Å². The average molecular weight is 438 g/mol. The Bertz CT molecular complexity index is 590. The molecule has 2 rings (SSSR count). The van der Waals surface area contributed by atoms with Crippen molar-refractivity contribution in [1.82, 2.24) is 10.6 Å². The van der Waals surface area contributed by atoms with E-state index in [0.717, 1.165) is 0 Å². The van der Waals surface area contributed by atoms with Gasteiger partial charge in [-0.05, 0) is 0 Å². The Hall–Kier alpha value is -1.42. The van der Waals surface area contributed by atoms with Crippen LogP contribution < -0.4 is 10.6 Å². The average Bonchev–Trinajstić information content (AvgIpc) is 2.69. The first kappa shape index (κ1) is 24.8. The Morgan fingerprint density at radius 1 is 0.900 bits per heavy atom. The lowest BCUT2D eigenvalue weighted by Gasteiger charge is -2.47. The van der Waals surface area contributed by atoms with Crippen molar-refractivity contribution in [3.05, 3.63) is 0 Å². The lowest BCUT2D eigenvalue weighted by Crippen LogP contribution is -2.68. The molecule has 0 aromatic rings. The number of hydrogen-bond donors (Lipinski definition) is 7. The van der Waals surface area contributed by atoms with Gasteiger partial charge in [0.1, 0.15) is 48.8 Å². The van der Waals surface area contributed by atoms with Gasteiger partial charge in [-0.2, -0.15) is 0 Å². The molecular weight excluding hydrogens is 408 g/mol. The van der Waals surface area contributed by atoms with Crippen molar-refractivity contribution in [1.29, 1.82) is 0 Å². The van der Waals surface area contributed by atoms with Crippen LogP contribution in [0, 0.1) is 0 Å². The highest BCUT2D eigenvalue weighted by Crippen LogP contribution is 2.29. The fourth-order valence-electron chi connectivity index (χ4n) is 3.42. The number of nitrogens with one attached hydrogen (secondary N) is 2. The fourth-order valence-corrected chi connectivity index (χ4v) is 3.42. The third-order valence-electron chi connectivity index (χ3n) is 4.97. The first-order valence-corrected chi connectivity index (χ1v) is 9.44. The van der Waals surface area contributed by atoms with E-state index in [4.69, 9.17) is 18.9 Å². The molecule has 2 heterocycles. The highest BCUT2D eigenvalue weighted by atomic mass is 16.7. The molecule has 30 heavy (non-hydrogen) atoms. The van der Waals surface area contributed by atoms with E-state index >= 15 is 0 Å². The van der Waals surface area contributed by atoms with Gasteiger partial charge >= 0.3 is 0 Å². The third-order valence-corrected chi connectivity index (χ3v) is 4.97. The van der Waals surface area contributed by atoms with Gasteiger partial charge in [-0.3, -0.25) is 9.59 Å². The number of ether oxygens (including phenoxy) is 4. The van der Waals surface area contributed by atoms with E-state index in [9.17, 15) is 35.1 Å². The summed E-state index contributed by atoms with van der Waals surface area (Å²) in [4.78, 5) is 22.9. The highest BCUT2D eigenvalue weighted by Gasteiger charge is 2.51. The van der Waals surface area contributed by atoms with E-state index in [-0.39, 0.29) is 12.5 Å². The van der Waals surface area contributed by atoms with Crippen LogP contribution in [0.2, 0.25) is 0 Å². The van der Waals surface area contributed by atoms with Gasteiger partial charge in [0, 0.05) is 27.5 Å². The zero-order valence-corrected chi connectivity index (χ0v) is 16.9. The van der Waals surface area contributed by atoms with Crippen molar-refractivity contribution >= 4 is 11.8 Å². The molecule has 2 amide bonds. The summed E-state index contributed by atoms with van der Waals surface area (Å²) < 4.78 is 21.9. The van der Waals surface area contributed by atoms with Gasteiger partial charge in [-0.25, -0.2) is 0 Å². The van der Waals surface area contributed by atoms with Gasteiger partial charge in [-0.15, -0.1) is 0 Å². The first-order valence-electron chi connectivity index (χ1n) is 9.44. The molecule has 0 aliphatic carbocycles. The minimum absolute atomic E-state index is 0.110. The Balaban J connectivity index is 2.25. The zero-order chi connectivity index (χ0) is 22.6. The normalized spacial score (nSPS) is 41.9. The summed E-state index contributed by atoms with van der Waals surface area (Å²) in [5.74, 6) is -0.853. The predicted octanol–water partition coefficient (Wildman–Crippen LogP) is -4.46. The molecule has 0 radical (unpaired) electrons. The van der Waals surface area contributed by atoms with Crippen LogP contribution in [0.3, 0.4) is 0 Å². The molecule has 13 nitrogen and oxygen atoms in total. The van der Waals surface area contributed by atoms with Crippen molar-refractivity contribution < 1.29 is 54.1 Å². The molecule has 2 fully saturated rings. The summed E-state index contributed by atoms with van der Waals surface area (Å²) in [6.45, 7) is 1.74. The molecule has 0 bridgehead atoms. The van der Waals surface area contributed by atoms with Crippen molar-refractivity contribution in [3.8, 4) is 0 Å². The Labute approximate surface area is 172 Å². The number of aliphatic hydroxyl groups excluding tert-OH is 5. The predicted molar refractivity (Wildman–Crippen MR) is 96.6 cm³/mol. The molecule has 7 N–H and O–H groups in total. The van der Waals surface area contributed by atoms with Gasteiger partial charge in [0.25, 0.3) is 0 Å². The second-order valence-corrected chi connectivity index (χ2v) is 7.23. The molecule has 0 aromatic carbocycles. The van der Waals surface area contributed by atoms with Gasteiger partial charge < -0.3 is 55.1 Å². The molecule has 0 aromatic heterocycles. The van der Waals surface area contributed by atoms with Crippen molar-refractivity contribution in [3.63, 3.8) is 0 Å². The zero-order valence-electron chi connectivity index (χ0n) is 16.9. The first-order chi connectivity index (χ1) is 14.1. The lowest BCUT2D eigenvalue weighted by molar-refractivity contribution is -0.344. The quantitative estimate of drug-likeness (QED) is 0.202. The summed E-state index contributed by atoms with van der Waals surface area (Å²) in [5, 5.41) is 55.3. The van der Waals surface area contributed by atoms with E-state index in [1.807, 2.05) is 0 Å². The number of carbonyl (C=O) groups is 2. The van der Waals surface area contributed by atoms with E-state index in [2.05, 4.69) is 10.6 Å². The molecule has 0 saturated carbocycles. The maximum atomic E-state index is 11.5. The molecule has 10 atom stereocenters. The van der Waals surface area contributed by atoms with Crippen LogP contribution in [0.4, 0.5) is 0 Å². The largest absolute Gasteiger partial charge is 0.394 e. The monoisotopic (exact) mass is 438 g/mol. The third kappa shape index (κ3) is 5.63. The summed E-state index contributed by atoms with van der Waals surface area (Å²) >= 11 is 0. The second kappa shape index (κ2) is 10.7. The lowest BCUT2D eigenvalue weighted by atomic mass is 9.95. The summed E-state index contributed by atoms with van der Waals surface area (Å²) in [5.41, 5.74) is 0. The molecule has 2 aliphatic heterocycles. The van der Waals surface area contributed by atoms with Crippen LogP contribution in [0.5, 0.6) is 0 Å².